The molecule has 0 fully saturated rings. The lowest BCUT2D eigenvalue weighted by molar-refractivity contribution is 0.102. The zero-order valence-electron chi connectivity index (χ0n) is 9.95. The van der Waals surface area contributed by atoms with Crippen LogP contribution in [-0.2, 0) is 0 Å². The van der Waals surface area contributed by atoms with E-state index in [1.165, 1.54) is 6.07 Å². The molecule has 6 heteroatoms. The fourth-order valence-corrected chi connectivity index (χ4v) is 2.32. The molecule has 0 aliphatic rings. The number of halogens is 3. The van der Waals surface area contributed by atoms with Crippen LogP contribution in [-0.4, -0.2) is 5.91 Å². The molecule has 0 heterocycles. The molecule has 1 amide bonds. The van der Waals surface area contributed by atoms with Crippen molar-refractivity contribution in [3.8, 4) is 6.07 Å². The smallest absolute Gasteiger partial charge is 0.256 e. The van der Waals surface area contributed by atoms with Crippen molar-refractivity contribution in [1.82, 2.24) is 0 Å². The molecular formula is C14H7BrCl2N2O. The Labute approximate surface area is 134 Å². The van der Waals surface area contributed by atoms with Gasteiger partial charge in [-0.15, -0.1) is 0 Å². The highest BCUT2D eigenvalue weighted by molar-refractivity contribution is 9.10. The number of hydrogen-bond donors (Lipinski definition) is 1. The van der Waals surface area contributed by atoms with E-state index in [9.17, 15) is 4.79 Å². The number of anilines is 1. The first kappa shape index (κ1) is 14.9. The molecule has 0 aliphatic heterocycles. The predicted molar refractivity (Wildman–Crippen MR) is 83.3 cm³/mol. The van der Waals surface area contributed by atoms with Crippen LogP contribution in [0.2, 0.25) is 10.0 Å². The van der Waals surface area contributed by atoms with E-state index in [0.29, 0.717) is 31.3 Å². The fourth-order valence-electron chi connectivity index (χ4n) is 1.55. The summed E-state index contributed by atoms with van der Waals surface area (Å²) in [7, 11) is 0. The predicted octanol–water partition coefficient (Wildman–Crippen LogP) is 4.88. The molecule has 2 aromatic rings. The third kappa shape index (κ3) is 3.31. The van der Waals surface area contributed by atoms with Crippen molar-refractivity contribution in [3.05, 3.63) is 62.0 Å². The average Bonchev–Trinajstić information content (AvgIpc) is 2.43. The number of nitrogens with one attached hydrogen (secondary N) is 1. The maximum absolute atomic E-state index is 12.2. The van der Waals surface area contributed by atoms with E-state index in [2.05, 4.69) is 21.2 Å². The molecule has 0 saturated heterocycles. The van der Waals surface area contributed by atoms with E-state index in [4.69, 9.17) is 28.5 Å². The number of nitriles is 1. The zero-order valence-corrected chi connectivity index (χ0v) is 13.1. The largest absolute Gasteiger partial charge is 0.321 e. The normalized spacial score (nSPS) is 9.90. The summed E-state index contributed by atoms with van der Waals surface area (Å²) in [6, 6.07) is 11.5. The molecule has 0 bridgehead atoms. The summed E-state index contributed by atoms with van der Waals surface area (Å²) in [5.41, 5.74) is 1.17. The molecule has 0 saturated carbocycles. The van der Waals surface area contributed by atoms with E-state index in [1.54, 1.807) is 30.3 Å². The highest BCUT2D eigenvalue weighted by Gasteiger charge is 2.13. The Kier molecular flexibility index (Phi) is 4.66. The fraction of sp³-hybridized carbons (Fsp3) is 0. The number of hydrogen-bond acceptors (Lipinski definition) is 2. The average molecular weight is 370 g/mol. The molecule has 2 aromatic carbocycles. The van der Waals surface area contributed by atoms with Crippen molar-refractivity contribution < 1.29 is 4.79 Å². The van der Waals surface area contributed by atoms with Gasteiger partial charge in [-0.05, 0) is 52.3 Å². The van der Waals surface area contributed by atoms with Crippen LogP contribution in [0.15, 0.2) is 40.9 Å². The Hall–Kier alpha value is -1.54. The monoisotopic (exact) mass is 368 g/mol. The number of carbonyl (C=O) groups excluding carboxylic acids is 1. The molecule has 20 heavy (non-hydrogen) atoms. The van der Waals surface area contributed by atoms with Gasteiger partial charge in [0, 0.05) is 9.50 Å². The molecule has 2 rings (SSSR count). The Morgan fingerprint density at radius 3 is 2.65 bits per heavy atom. The minimum atomic E-state index is -0.364. The molecule has 1 N–H and O–H groups in total. The molecule has 0 atom stereocenters. The van der Waals surface area contributed by atoms with Gasteiger partial charge in [-0.3, -0.25) is 4.79 Å². The second-order valence-corrected chi connectivity index (χ2v) is 5.58. The second-order valence-electron chi connectivity index (χ2n) is 3.88. The summed E-state index contributed by atoms with van der Waals surface area (Å²) in [5, 5.41) is 12.3. The topological polar surface area (TPSA) is 52.9 Å². The lowest BCUT2D eigenvalue weighted by Gasteiger charge is -2.09. The Balaban J connectivity index is 2.33. The lowest BCUT2D eigenvalue weighted by atomic mass is 10.2. The first-order valence-corrected chi connectivity index (χ1v) is 7.02. The second kappa shape index (κ2) is 6.27. The van der Waals surface area contributed by atoms with Gasteiger partial charge in [0.25, 0.3) is 5.91 Å². The molecule has 0 radical (unpaired) electrons. The molecule has 0 spiro atoms. The Morgan fingerprint density at radius 1 is 1.20 bits per heavy atom. The van der Waals surface area contributed by atoms with E-state index >= 15 is 0 Å². The van der Waals surface area contributed by atoms with Crippen molar-refractivity contribution in [2.75, 3.05) is 5.32 Å². The summed E-state index contributed by atoms with van der Waals surface area (Å²) in [5.74, 6) is -0.364. The first-order valence-electron chi connectivity index (χ1n) is 5.47. The van der Waals surface area contributed by atoms with Crippen LogP contribution in [0.3, 0.4) is 0 Å². The summed E-state index contributed by atoms with van der Waals surface area (Å²) in [4.78, 5) is 12.2. The van der Waals surface area contributed by atoms with E-state index in [-0.39, 0.29) is 5.91 Å². The first-order chi connectivity index (χ1) is 9.51. The third-order valence-electron chi connectivity index (χ3n) is 2.52. The summed E-state index contributed by atoms with van der Waals surface area (Å²) < 4.78 is 0.618. The zero-order chi connectivity index (χ0) is 14.7. The number of amides is 1. The van der Waals surface area contributed by atoms with Crippen molar-refractivity contribution in [1.29, 1.82) is 5.26 Å². The maximum atomic E-state index is 12.2. The van der Waals surface area contributed by atoms with E-state index in [1.807, 2.05) is 6.07 Å². The molecule has 0 aromatic heterocycles. The van der Waals surface area contributed by atoms with E-state index < -0.39 is 0 Å². The summed E-state index contributed by atoms with van der Waals surface area (Å²) in [6.07, 6.45) is 0. The van der Waals surface area contributed by atoms with Crippen molar-refractivity contribution in [3.63, 3.8) is 0 Å². The van der Waals surface area contributed by atoms with Gasteiger partial charge in [-0.2, -0.15) is 5.26 Å². The molecule has 0 unspecified atom stereocenters. The number of carbonyl (C=O) groups is 1. The third-order valence-corrected chi connectivity index (χ3v) is 3.77. The van der Waals surface area contributed by atoms with Gasteiger partial charge in [0.15, 0.2) is 0 Å². The van der Waals surface area contributed by atoms with Crippen LogP contribution in [0.4, 0.5) is 5.69 Å². The van der Waals surface area contributed by atoms with Gasteiger partial charge >= 0.3 is 0 Å². The minimum absolute atomic E-state index is 0.357. The van der Waals surface area contributed by atoms with Crippen LogP contribution < -0.4 is 5.32 Å². The highest BCUT2D eigenvalue weighted by atomic mass is 79.9. The lowest BCUT2D eigenvalue weighted by Crippen LogP contribution is -2.13. The number of nitrogens with zero attached hydrogens (tertiary/aromatic N) is 1. The van der Waals surface area contributed by atoms with Crippen LogP contribution in [0.5, 0.6) is 0 Å². The van der Waals surface area contributed by atoms with Gasteiger partial charge < -0.3 is 5.32 Å². The van der Waals surface area contributed by atoms with Crippen molar-refractivity contribution in [2.24, 2.45) is 0 Å². The maximum Gasteiger partial charge on any atom is 0.256 e. The van der Waals surface area contributed by atoms with Crippen LogP contribution in [0.25, 0.3) is 0 Å². The van der Waals surface area contributed by atoms with Crippen molar-refractivity contribution >= 4 is 50.7 Å². The van der Waals surface area contributed by atoms with Gasteiger partial charge in [0.1, 0.15) is 0 Å². The van der Waals surface area contributed by atoms with Gasteiger partial charge in [-0.25, -0.2) is 0 Å². The summed E-state index contributed by atoms with van der Waals surface area (Å²) in [6.45, 7) is 0. The molecule has 3 nitrogen and oxygen atoms in total. The van der Waals surface area contributed by atoms with Gasteiger partial charge in [-0.1, -0.05) is 23.2 Å². The SMILES string of the molecule is N#Cc1ccc(Cl)c(NC(=O)c2cc(Cl)ccc2Br)c1. The van der Waals surface area contributed by atoms with Crippen LogP contribution in [0, 0.1) is 11.3 Å². The minimum Gasteiger partial charge on any atom is -0.321 e. The number of benzene rings is 2. The molecule has 100 valence electrons. The molecule has 0 aliphatic carbocycles. The highest BCUT2D eigenvalue weighted by Crippen LogP contribution is 2.26. The van der Waals surface area contributed by atoms with Gasteiger partial charge in [0.2, 0.25) is 0 Å². The summed E-state index contributed by atoms with van der Waals surface area (Å²) >= 11 is 15.2. The van der Waals surface area contributed by atoms with Crippen LogP contribution in [0.1, 0.15) is 15.9 Å². The Morgan fingerprint density at radius 2 is 1.95 bits per heavy atom. The quantitative estimate of drug-likeness (QED) is 0.820. The Bertz CT molecular complexity index is 726. The van der Waals surface area contributed by atoms with E-state index in [0.717, 1.165) is 0 Å². The van der Waals surface area contributed by atoms with Crippen molar-refractivity contribution in [2.45, 2.75) is 0 Å². The molecular weight excluding hydrogens is 363 g/mol. The standard InChI is InChI=1S/C14H7BrCl2N2O/c15-11-3-2-9(16)6-10(11)14(20)19-13-5-8(7-18)1-4-12(13)17/h1-6H,(H,19,20). The van der Waals surface area contributed by atoms with Crippen LogP contribution >= 0.6 is 39.1 Å². The van der Waals surface area contributed by atoms with Gasteiger partial charge in [0.05, 0.1) is 27.9 Å². The number of rotatable bonds is 2.